The number of nitro benzene ring substituents is 1. The Morgan fingerprint density at radius 1 is 1.50 bits per heavy atom. The summed E-state index contributed by atoms with van der Waals surface area (Å²) in [4.78, 5) is 9.94. The van der Waals surface area contributed by atoms with Crippen LogP contribution in [0.5, 0.6) is 0 Å². The van der Waals surface area contributed by atoms with E-state index in [4.69, 9.17) is 5.73 Å². The summed E-state index contributed by atoms with van der Waals surface area (Å²) in [6, 6.07) is 6.13. The average Bonchev–Trinajstić information content (AvgIpc) is 2.18. The van der Waals surface area contributed by atoms with Gasteiger partial charge in [-0.05, 0) is 12.0 Å². The lowest BCUT2D eigenvalue weighted by Gasteiger charge is -2.08. The van der Waals surface area contributed by atoms with Crippen molar-refractivity contribution < 1.29 is 4.92 Å². The Hall–Kier alpha value is -1.68. The minimum Gasteiger partial charge on any atom is -0.324 e. The Bertz CT molecular complexity index is 332. The van der Waals surface area contributed by atoms with Crippen molar-refractivity contribution in [1.82, 2.24) is 0 Å². The Labute approximate surface area is 82.2 Å². The van der Waals surface area contributed by atoms with Crippen molar-refractivity contribution in [2.45, 2.75) is 12.5 Å². The fraction of sp³-hybridized carbons (Fsp3) is 0.200. The van der Waals surface area contributed by atoms with Crippen LogP contribution in [0.25, 0.3) is 0 Å². The van der Waals surface area contributed by atoms with Gasteiger partial charge in [-0.2, -0.15) is 0 Å². The summed E-state index contributed by atoms with van der Waals surface area (Å²) in [7, 11) is 0. The highest BCUT2D eigenvalue weighted by Gasteiger charge is 2.07. The number of rotatable bonds is 4. The van der Waals surface area contributed by atoms with Crippen molar-refractivity contribution in [3.8, 4) is 0 Å². The van der Waals surface area contributed by atoms with Gasteiger partial charge < -0.3 is 5.73 Å². The molecule has 0 unspecified atom stereocenters. The molecule has 0 fully saturated rings. The van der Waals surface area contributed by atoms with Crippen LogP contribution in [0.15, 0.2) is 36.9 Å². The molecule has 0 saturated heterocycles. The third-order valence-electron chi connectivity index (χ3n) is 1.95. The maximum absolute atomic E-state index is 10.4. The van der Waals surface area contributed by atoms with Crippen LogP contribution in [0, 0.1) is 10.1 Å². The fourth-order valence-corrected chi connectivity index (χ4v) is 1.16. The zero-order valence-electron chi connectivity index (χ0n) is 7.72. The minimum atomic E-state index is -0.428. The highest BCUT2D eigenvalue weighted by Crippen LogP contribution is 2.18. The van der Waals surface area contributed by atoms with Crippen LogP contribution in [0.4, 0.5) is 5.69 Å². The van der Waals surface area contributed by atoms with Gasteiger partial charge in [0.2, 0.25) is 0 Å². The van der Waals surface area contributed by atoms with Crippen LogP contribution in [-0.2, 0) is 0 Å². The van der Waals surface area contributed by atoms with Crippen LogP contribution in [0.1, 0.15) is 18.0 Å². The van der Waals surface area contributed by atoms with Gasteiger partial charge >= 0.3 is 0 Å². The summed E-state index contributed by atoms with van der Waals surface area (Å²) in [5.41, 5.74) is 6.76. The molecule has 0 amide bonds. The molecule has 1 rings (SSSR count). The van der Waals surface area contributed by atoms with E-state index in [0.29, 0.717) is 6.42 Å². The number of hydrogen-bond donors (Lipinski definition) is 1. The van der Waals surface area contributed by atoms with Gasteiger partial charge in [0, 0.05) is 18.2 Å². The number of nitrogens with two attached hydrogens (primary N) is 1. The van der Waals surface area contributed by atoms with Crippen LogP contribution in [0.3, 0.4) is 0 Å². The smallest absolute Gasteiger partial charge is 0.269 e. The second-order valence-electron chi connectivity index (χ2n) is 2.98. The molecule has 0 radical (unpaired) electrons. The summed E-state index contributed by atoms with van der Waals surface area (Å²) in [5, 5.41) is 10.4. The number of non-ortho nitro benzene ring substituents is 1. The fourth-order valence-electron chi connectivity index (χ4n) is 1.16. The summed E-state index contributed by atoms with van der Waals surface area (Å²) in [6.45, 7) is 3.58. The molecule has 0 aromatic heterocycles. The second-order valence-corrected chi connectivity index (χ2v) is 2.98. The first-order valence-electron chi connectivity index (χ1n) is 4.26. The molecule has 2 N–H and O–H groups in total. The van der Waals surface area contributed by atoms with Crippen molar-refractivity contribution in [2.75, 3.05) is 0 Å². The molecule has 1 atom stereocenters. The molecule has 4 heteroatoms. The van der Waals surface area contributed by atoms with Crippen LogP contribution in [-0.4, -0.2) is 4.92 Å². The van der Waals surface area contributed by atoms with Crippen molar-refractivity contribution >= 4 is 5.69 Å². The zero-order chi connectivity index (χ0) is 10.6. The minimum absolute atomic E-state index is 0.0829. The lowest BCUT2D eigenvalue weighted by molar-refractivity contribution is -0.384. The van der Waals surface area contributed by atoms with E-state index >= 15 is 0 Å². The molecule has 14 heavy (non-hydrogen) atoms. The first-order chi connectivity index (χ1) is 6.65. The van der Waals surface area contributed by atoms with E-state index < -0.39 is 4.92 Å². The van der Waals surface area contributed by atoms with Gasteiger partial charge in [0.05, 0.1) is 4.92 Å². The highest BCUT2D eigenvalue weighted by molar-refractivity contribution is 5.34. The van der Waals surface area contributed by atoms with E-state index in [2.05, 4.69) is 6.58 Å². The Morgan fingerprint density at radius 3 is 2.50 bits per heavy atom. The molecular formula is C10H12N2O2. The Kier molecular flexibility index (Phi) is 3.36. The van der Waals surface area contributed by atoms with E-state index in [0.717, 1.165) is 5.56 Å². The van der Waals surface area contributed by atoms with Crippen LogP contribution < -0.4 is 5.73 Å². The third-order valence-corrected chi connectivity index (χ3v) is 1.95. The molecule has 1 aromatic rings. The molecule has 0 aliphatic carbocycles. The first-order valence-corrected chi connectivity index (χ1v) is 4.26. The maximum Gasteiger partial charge on any atom is 0.269 e. The van der Waals surface area contributed by atoms with Gasteiger partial charge in [0.25, 0.3) is 5.69 Å². The van der Waals surface area contributed by atoms with E-state index in [1.807, 2.05) is 0 Å². The van der Waals surface area contributed by atoms with Crippen molar-refractivity contribution in [3.63, 3.8) is 0 Å². The third kappa shape index (κ3) is 2.40. The average molecular weight is 192 g/mol. The SMILES string of the molecule is C=CC[C@@H](N)c1ccc([N+](=O)[O-])cc1. The molecular weight excluding hydrogens is 180 g/mol. The molecule has 0 spiro atoms. The van der Waals surface area contributed by atoms with Gasteiger partial charge in [-0.3, -0.25) is 10.1 Å². The van der Waals surface area contributed by atoms with Gasteiger partial charge in [0.15, 0.2) is 0 Å². The van der Waals surface area contributed by atoms with E-state index in [1.165, 1.54) is 12.1 Å². The van der Waals surface area contributed by atoms with Gasteiger partial charge in [-0.25, -0.2) is 0 Å². The van der Waals surface area contributed by atoms with Crippen molar-refractivity contribution in [1.29, 1.82) is 0 Å². The van der Waals surface area contributed by atoms with Gasteiger partial charge in [-0.1, -0.05) is 18.2 Å². The topological polar surface area (TPSA) is 69.2 Å². The molecule has 0 saturated carbocycles. The van der Waals surface area contributed by atoms with E-state index in [9.17, 15) is 10.1 Å². The van der Waals surface area contributed by atoms with E-state index in [-0.39, 0.29) is 11.7 Å². The van der Waals surface area contributed by atoms with Crippen LogP contribution in [0.2, 0.25) is 0 Å². The lowest BCUT2D eigenvalue weighted by atomic mass is 10.0. The number of nitrogens with zero attached hydrogens (tertiary/aromatic N) is 1. The number of hydrogen-bond acceptors (Lipinski definition) is 3. The normalized spacial score (nSPS) is 12.1. The largest absolute Gasteiger partial charge is 0.324 e. The second kappa shape index (κ2) is 4.53. The predicted octanol–water partition coefficient (Wildman–Crippen LogP) is 2.17. The van der Waals surface area contributed by atoms with Crippen molar-refractivity contribution in [2.24, 2.45) is 5.73 Å². The summed E-state index contributed by atoms with van der Waals surface area (Å²) in [5.74, 6) is 0. The number of nitro groups is 1. The molecule has 1 aromatic carbocycles. The van der Waals surface area contributed by atoms with Gasteiger partial charge in [0.1, 0.15) is 0 Å². The molecule has 0 heterocycles. The van der Waals surface area contributed by atoms with Gasteiger partial charge in [-0.15, -0.1) is 6.58 Å². The first kappa shape index (κ1) is 10.4. The molecule has 0 aliphatic heterocycles. The molecule has 0 bridgehead atoms. The zero-order valence-corrected chi connectivity index (χ0v) is 7.72. The van der Waals surface area contributed by atoms with Crippen molar-refractivity contribution in [3.05, 3.63) is 52.6 Å². The summed E-state index contributed by atoms with van der Waals surface area (Å²) in [6.07, 6.45) is 2.39. The highest BCUT2D eigenvalue weighted by atomic mass is 16.6. The summed E-state index contributed by atoms with van der Waals surface area (Å²) < 4.78 is 0. The lowest BCUT2D eigenvalue weighted by Crippen LogP contribution is -2.08. The molecule has 4 nitrogen and oxygen atoms in total. The Morgan fingerprint density at radius 2 is 2.07 bits per heavy atom. The standard InChI is InChI=1S/C10H12N2O2/c1-2-3-10(11)8-4-6-9(7-5-8)12(13)14/h2,4-7,10H,1,3,11H2/t10-/m1/s1. The Balaban J connectivity index is 2.82. The van der Waals surface area contributed by atoms with E-state index in [1.54, 1.807) is 18.2 Å². The maximum atomic E-state index is 10.4. The quantitative estimate of drug-likeness (QED) is 0.451. The summed E-state index contributed by atoms with van der Waals surface area (Å²) >= 11 is 0. The monoisotopic (exact) mass is 192 g/mol. The van der Waals surface area contributed by atoms with Crippen LogP contribution >= 0.6 is 0 Å². The molecule has 74 valence electrons. The molecule has 0 aliphatic rings. The predicted molar refractivity (Wildman–Crippen MR) is 54.8 cm³/mol. The number of benzene rings is 1.